The molecule has 0 spiro atoms. The zero-order valence-electron chi connectivity index (χ0n) is 8.69. The lowest BCUT2D eigenvalue weighted by Gasteiger charge is -2.05. The highest BCUT2D eigenvalue weighted by atomic mass is 35.5. The van der Waals surface area contributed by atoms with Crippen molar-refractivity contribution in [3.63, 3.8) is 0 Å². The quantitative estimate of drug-likeness (QED) is 0.777. The average Bonchev–Trinajstić information content (AvgIpc) is 2.22. The highest BCUT2D eigenvalue weighted by Crippen LogP contribution is 2.34. The molecule has 0 radical (unpaired) electrons. The highest BCUT2D eigenvalue weighted by Gasteiger charge is 2.02. The molecule has 0 fully saturated rings. The fraction of sp³-hybridized carbons (Fsp3) is 0. The molecule has 2 aromatic rings. The number of nitrogen functional groups attached to an aromatic ring is 1. The molecule has 0 atom stereocenters. The molecule has 0 heterocycles. The maximum Gasteiger partial charge on any atom is 0.0470 e. The monoisotopic (exact) mass is 305 g/mol. The van der Waals surface area contributed by atoms with Gasteiger partial charge in [0.2, 0.25) is 0 Å². The summed E-state index contributed by atoms with van der Waals surface area (Å²) in [6, 6.07) is 13.1. The predicted molar refractivity (Wildman–Crippen MR) is 78.7 cm³/mol. The first kappa shape index (κ1) is 14.5. The second kappa shape index (κ2) is 6.41. The summed E-state index contributed by atoms with van der Waals surface area (Å²) in [5, 5.41) is 1.37. The number of benzene rings is 2. The van der Waals surface area contributed by atoms with Crippen molar-refractivity contribution in [2.75, 3.05) is 5.73 Å². The van der Waals surface area contributed by atoms with E-state index < -0.39 is 0 Å². The van der Waals surface area contributed by atoms with Crippen molar-refractivity contribution in [3.05, 3.63) is 52.5 Å². The number of nitrogens with two attached hydrogens (primary N) is 1. The molecule has 0 amide bonds. The summed E-state index contributed by atoms with van der Waals surface area (Å²) in [5.74, 6) is 0. The Kier molecular flexibility index (Phi) is 5.47. The summed E-state index contributed by atoms with van der Waals surface area (Å²) >= 11 is 13.3. The maximum absolute atomic E-state index is 5.91. The number of hydrogen-bond acceptors (Lipinski definition) is 2. The summed E-state index contributed by atoms with van der Waals surface area (Å²) in [7, 11) is 0. The van der Waals surface area contributed by atoms with Crippen molar-refractivity contribution >= 4 is 53.1 Å². The van der Waals surface area contributed by atoms with E-state index in [9.17, 15) is 0 Å². The van der Waals surface area contributed by atoms with Gasteiger partial charge in [0.1, 0.15) is 0 Å². The van der Waals surface area contributed by atoms with Gasteiger partial charge in [0, 0.05) is 25.5 Å². The highest BCUT2D eigenvalue weighted by molar-refractivity contribution is 7.99. The van der Waals surface area contributed by atoms with Gasteiger partial charge in [-0.3, -0.25) is 0 Å². The van der Waals surface area contributed by atoms with Crippen molar-refractivity contribution in [1.82, 2.24) is 0 Å². The van der Waals surface area contributed by atoms with E-state index in [0.29, 0.717) is 10.7 Å². The lowest BCUT2D eigenvalue weighted by molar-refractivity contribution is 1.41. The Balaban J connectivity index is 0.00000144. The van der Waals surface area contributed by atoms with Crippen LogP contribution in [-0.2, 0) is 0 Å². The van der Waals surface area contributed by atoms with Gasteiger partial charge < -0.3 is 5.73 Å². The largest absolute Gasteiger partial charge is 0.398 e. The molecule has 0 aromatic heterocycles. The molecule has 0 unspecified atom stereocenters. The van der Waals surface area contributed by atoms with Crippen molar-refractivity contribution in [2.45, 2.75) is 9.79 Å². The van der Waals surface area contributed by atoms with Crippen molar-refractivity contribution < 1.29 is 0 Å². The molecular formula is C12H10Cl3NS. The Morgan fingerprint density at radius 1 is 0.941 bits per heavy atom. The van der Waals surface area contributed by atoms with Crippen LogP contribution in [0.1, 0.15) is 0 Å². The zero-order valence-corrected chi connectivity index (χ0v) is 11.8. The van der Waals surface area contributed by atoms with Gasteiger partial charge in [-0.05, 0) is 36.4 Å². The third-order valence-electron chi connectivity index (χ3n) is 2.00. The van der Waals surface area contributed by atoms with Crippen LogP contribution in [0.25, 0.3) is 0 Å². The standard InChI is InChI=1S/C12H9Cl2NS.ClH/c13-8-2-1-3-10(6-8)16-12-5-4-9(14)7-11(12)15;/h1-7H,15H2;1H. The van der Waals surface area contributed by atoms with Crippen LogP contribution < -0.4 is 5.73 Å². The van der Waals surface area contributed by atoms with Gasteiger partial charge in [-0.25, -0.2) is 0 Å². The molecule has 1 nitrogen and oxygen atoms in total. The fourth-order valence-electron chi connectivity index (χ4n) is 1.27. The summed E-state index contributed by atoms with van der Waals surface area (Å²) < 4.78 is 0. The normalized spacial score (nSPS) is 9.76. The van der Waals surface area contributed by atoms with Gasteiger partial charge in [0.15, 0.2) is 0 Å². The van der Waals surface area contributed by atoms with Crippen LogP contribution in [0, 0.1) is 0 Å². The minimum atomic E-state index is 0. The van der Waals surface area contributed by atoms with E-state index >= 15 is 0 Å². The van der Waals surface area contributed by atoms with Crippen LogP contribution in [0.2, 0.25) is 10.0 Å². The van der Waals surface area contributed by atoms with Crippen molar-refractivity contribution in [1.29, 1.82) is 0 Å². The maximum atomic E-state index is 5.91. The van der Waals surface area contributed by atoms with Crippen LogP contribution >= 0.6 is 47.4 Å². The molecule has 0 saturated carbocycles. The summed E-state index contributed by atoms with van der Waals surface area (Å²) in [5.41, 5.74) is 6.55. The molecule has 0 aliphatic heterocycles. The Morgan fingerprint density at radius 2 is 1.65 bits per heavy atom. The summed E-state index contributed by atoms with van der Waals surface area (Å²) in [4.78, 5) is 2.04. The van der Waals surface area contributed by atoms with Gasteiger partial charge in [0.05, 0.1) is 0 Å². The molecule has 2 aromatic carbocycles. The molecule has 2 rings (SSSR count). The molecule has 0 saturated heterocycles. The molecule has 0 aliphatic rings. The Bertz CT molecular complexity index is 517. The second-order valence-corrected chi connectivity index (χ2v) is 5.23. The van der Waals surface area contributed by atoms with Crippen molar-refractivity contribution in [2.24, 2.45) is 0 Å². The van der Waals surface area contributed by atoms with E-state index in [0.717, 1.165) is 14.8 Å². The third kappa shape index (κ3) is 4.00. The van der Waals surface area contributed by atoms with Gasteiger partial charge in [-0.15, -0.1) is 12.4 Å². The molecule has 2 N–H and O–H groups in total. The average molecular weight is 307 g/mol. The van der Waals surface area contributed by atoms with Gasteiger partial charge in [-0.2, -0.15) is 0 Å². The number of hydrogen-bond donors (Lipinski definition) is 1. The van der Waals surface area contributed by atoms with Crippen LogP contribution in [0.5, 0.6) is 0 Å². The number of anilines is 1. The van der Waals surface area contributed by atoms with E-state index in [1.165, 1.54) is 0 Å². The summed E-state index contributed by atoms with van der Waals surface area (Å²) in [6.07, 6.45) is 0. The van der Waals surface area contributed by atoms with E-state index in [-0.39, 0.29) is 12.4 Å². The Morgan fingerprint density at radius 3 is 2.29 bits per heavy atom. The molecule has 5 heteroatoms. The van der Waals surface area contributed by atoms with Gasteiger partial charge >= 0.3 is 0 Å². The topological polar surface area (TPSA) is 26.0 Å². The lowest BCUT2D eigenvalue weighted by Crippen LogP contribution is -1.87. The van der Waals surface area contributed by atoms with E-state index in [4.69, 9.17) is 28.9 Å². The first-order valence-corrected chi connectivity index (χ1v) is 6.21. The zero-order chi connectivity index (χ0) is 11.5. The molecule has 0 aliphatic carbocycles. The Hall–Kier alpha value is -0.540. The third-order valence-corrected chi connectivity index (χ3v) is 3.55. The number of halogens is 3. The Labute approximate surface area is 121 Å². The molecule has 90 valence electrons. The minimum absolute atomic E-state index is 0. The molecular weight excluding hydrogens is 297 g/mol. The predicted octanol–water partition coefficient (Wildman–Crippen LogP) is 5.15. The van der Waals surface area contributed by atoms with Crippen LogP contribution in [-0.4, -0.2) is 0 Å². The lowest BCUT2D eigenvalue weighted by atomic mass is 10.3. The van der Waals surface area contributed by atoms with Crippen LogP contribution in [0.15, 0.2) is 52.3 Å². The van der Waals surface area contributed by atoms with E-state index in [2.05, 4.69) is 0 Å². The minimum Gasteiger partial charge on any atom is -0.398 e. The summed E-state index contributed by atoms with van der Waals surface area (Å²) in [6.45, 7) is 0. The van der Waals surface area contributed by atoms with Crippen molar-refractivity contribution in [3.8, 4) is 0 Å². The van der Waals surface area contributed by atoms with Crippen LogP contribution in [0.3, 0.4) is 0 Å². The smallest absolute Gasteiger partial charge is 0.0470 e. The fourth-order valence-corrected chi connectivity index (χ4v) is 2.60. The first-order chi connectivity index (χ1) is 7.65. The van der Waals surface area contributed by atoms with Gasteiger partial charge in [-0.1, -0.05) is 41.0 Å². The van der Waals surface area contributed by atoms with Crippen LogP contribution in [0.4, 0.5) is 5.69 Å². The first-order valence-electron chi connectivity index (χ1n) is 4.63. The van der Waals surface area contributed by atoms with E-state index in [1.807, 2.05) is 36.4 Å². The number of rotatable bonds is 2. The second-order valence-electron chi connectivity index (χ2n) is 3.24. The van der Waals surface area contributed by atoms with E-state index in [1.54, 1.807) is 17.8 Å². The molecule has 17 heavy (non-hydrogen) atoms. The van der Waals surface area contributed by atoms with Gasteiger partial charge in [0.25, 0.3) is 0 Å². The SMILES string of the molecule is Cl.Nc1cc(Cl)ccc1Sc1cccc(Cl)c1. The molecule has 0 bridgehead atoms.